The number of aromatic carboxylic acids is 1. The van der Waals surface area contributed by atoms with Crippen LogP contribution >= 0.6 is 0 Å². The van der Waals surface area contributed by atoms with Gasteiger partial charge in [-0.1, -0.05) is 0 Å². The molecule has 1 aromatic heterocycles. The third kappa shape index (κ3) is 3.40. The number of aromatic nitrogens is 1. The van der Waals surface area contributed by atoms with Gasteiger partial charge >= 0.3 is 5.97 Å². The molecule has 0 bridgehead atoms. The van der Waals surface area contributed by atoms with Crippen LogP contribution in [0.3, 0.4) is 0 Å². The molecule has 18 heavy (non-hydrogen) atoms. The lowest BCUT2D eigenvalue weighted by Crippen LogP contribution is -2.20. The van der Waals surface area contributed by atoms with Gasteiger partial charge in [-0.3, -0.25) is 0 Å². The summed E-state index contributed by atoms with van der Waals surface area (Å²) in [5.74, 6) is -2.09. The minimum atomic E-state index is -1.28. The molecule has 0 radical (unpaired) electrons. The maximum atomic E-state index is 13.6. The van der Waals surface area contributed by atoms with Crippen LogP contribution in [0, 0.1) is 5.82 Å². The molecule has 0 unspecified atom stereocenters. The third-order valence-corrected chi connectivity index (χ3v) is 2.78. The highest BCUT2D eigenvalue weighted by Gasteiger charge is 2.19. The molecular weight excluding hydrogens is 237 g/mol. The van der Waals surface area contributed by atoms with Crippen LogP contribution in [0.5, 0.6) is 0 Å². The summed E-state index contributed by atoms with van der Waals surface area (Å²) in [5.41, 5.74) is -0.358. The SMILES string of the molecule is O=C(O)c1ccnc(NCCCNC2CC2)c1F. The average molecular weight is 253 g/mol. The predicted molar refractivity (Wildman–Crippen MR) is 65.3 cm³/mol. The van der Waals surface area contributed by atoms with Crippen LogP contribution in [0.25, 0.3) is 0 Å². The Morgan fingerprint density at radius 3 is 2.94 bits per heavy atom. The molecule has 1 fully saturated rings. The van der Waals surface area contributed by atoms with E-state index in [9.17, 15) is 9.18 Å². The molecule has 5 nitrogen and oxygen atoms in total. The number of carboxylic acid groups (broad SMARTS) is 1. The molecule has 1 heterocycles. The monoisotopic (exact) mass is 253 g/mol. The number of carboxylic acids is 1. The van der Waals surface area contributed by atoms with Gasteiger partial charge in [0, 0.05) is 18.8 Å². The number of nitrogens with one attached hydrogen (secondary N) is 2. The number of pyridine rings is 1. The molecule has 0 aromatic carbocycles. The van der Waals surface area contributed by atoms with E-state index in [1.807, 2.05) is 0 Å². The van der Waals surface area contributed by atoms with Gasteiger partial charge in [0.2, 0.25) is 0 Å². The summed E-state index contributed by atoms with van der Waals surface area (Å²) in [6.07, 6.45) is 4.61. The van der Waals surface area contributed by atoms with E-state index in [2.05, 4.69) is 15.6 Å². The fraction of sp³-hybridized carbons (Fsp3) is 0.500. The standard InChI is InChI=1S/C12H16FN3O2/c13-10-9(12(17)18)4-7-16-11(10)15-6-1-5-14-8-2-3-8/h4,7-8,14H,1-3,5-6H2,(H,15,16)(H,17,18). The normalized spacial score (nSPS) is 14.5. The van der Waals surface area contributed by atoms with Crippen molar-refractivity contribution >= 4 is 11.8 Å². The summed E-state index contributed by atoms with van der Waals surface area (Å²) < 4.78 is 13.6. The Morgan fingerprint density at radius 2 is 2.28 bits per heavy atom. The van der Waals surface area contributed by atoms with Gasteiger partial charge in [0.1, 0.15) is 5.56 Å². The van der Waals surface area contributed by atoms with Crippen molar-refractivity contribution in [2.24, 2.45) is 0 Å². The van der Waals surface area contributed by atoms with Crippen molar-refractivity contribution in [1.29, 1.82) is 0 Å². The van der Waals surface area contributed by atoms with Crippen LogP contribution in [0.2, 0.25) is 0 Å². The first-order chi connectivity index (χ1) is 8.68. The molecule has 0 aliphatic heterocycles. The molecule has 98 valence electrons. The Hall–Kier alpha value is -1.69. The molecule has 0 spiro atoms. The summed E-state index contributed by atoms with van der Waals surface area (Å²) in [5, 5.41) is 14.9. The van der Waals surface area contributed by atoms with Gasteiger partial charge in [0.15, 0.2) is 11.6 Å². The fourth-order valence-electron chi connectivity index (χ4n) is 1.62. The predicted octanol–water partition coefficient (Wildman–Crippen LogP) is 1.47. The number of anilines is 1. The van der Waals surface area contributed by atoms with E-state index >= 15 is 0 Å². The first kappa shape index (κ1) is 12.8. The summed E-state index contributed by atoms with van der Waals surface area (Å²) in [4.78, 5) is 14.5. The molecular formula is C12H16FN3O2. The zero-order valence-corrected chi connectivity index (χ0v) is 9.95. The van der Waals surface area contributed by atoms with E-state index in [4.69, 9.17) is 5.11 Å². The Balaban J connectivity index is 1.80. The Morgan fingerprint density at radius 1 is 1.50 bits per heavy atom. The summed E-state index contributed by atoms with van der Waals surface area (Å²) in [6, 6.07) is 1.81. The van der Waals surface area contributed by atoms with E-state index in [0.717, 1.165) is 19.0 Å². The van der Waals surface area contributed by atoms with Crippen molar-refractivity contribution in [2.45, 2.75) is 25.3 Å². The quantitative estimate of drug-likeness (QED) is 0.642. The highest BCUT2D eigenvalue weighted by molar-refractivity contribution is 5.88. The zero-order chi connectivity index (χ0) is 13.0. The van der Waals surface area contributed by atoms with Crippen LogP contribution in [0.15, 0.2) is 12.3 Å². The van der Waals surface area contributed by atoms with Gasteiger partial charge < -0.3 is 15.7 Å². The second-order valence-corrected chi connectivity index (χ2v) is 4.33. The van der Waals surface area contributed by atoms with E-state index in [1.54, 1.807) is 0 Å². The fourth-order valence-corrected chi connectivity index (χ4v) is 1.62. The van der Waals surface area contributed by atoms with Crippen LogP contribution < -0.4 is 10.6 Å². The molecule has 1 aromatic rings. The van der Waals surface area contributed by atoms with Crippen LogP contribution in [-0.2, 0) is 0 Å². The number of nitrogens with zero attached hydrogens (tertiary/aromatic N) is 1. The summed E-state index contributed by atoms with van der Waals surface area (Å²) in [7, 11) is 0. The van der Waals surface area contributed by atoms with Gasteiger partial charge in [-0.25, -0.2) is 14.2 Å². The largest absolute Gasteiger partial charge is 0.478 e. The van der Waals surface area contributed by atoms with Crippen molar-refractivity contribution in [3.05, 3.63) is 23.6 Å². The Kier molecular flexibility index (Phi) is 4.09. The van der Waals surface area contributed by atoms with Gasteiger partial charge in [0.25, 0.3) is 0 Å². The highest BCUT2D eigenvalue weighted by Crippen LogP contribution is 2.18. The highest BCUT2D eigenvalue weighted by atomic mass is 19.1. The number of halogens is 1. The first-order valence-electron chi connectivity index (χ1n) is 6.03. The van der Waals surface area contributed by atoms with Gasteiger partial charge in [-0.15, -0.1) is 0 Å². The van der Waals surface area contributed by atoms with Crippen molar-refractivity contribution in [3.63, 3.8) is 0 Å². The van der Waals surface area contributed by atoms with Crippen LogP contribution in [-0.4, -0.2) is 35.2 Å². The average Bonchev–Trinajstić information content (AvgIpc) is 3.14. The van der Waals surface area contributed by atoms with Crippen LogP contribution in [0.4, 0.5) is 10.2 Å². The lowest BCUT2D eigenvalue weighted by Gasteiger charge is -2.08. The molecule has 2 rings (SSSR count). The first-order valence-corrected chi connectivity index (χ1v) is 6.03. The maximum Gasteiger partial charge on any atom is 0.338 e. The van der Waals surface area contributed by atoms with E-state index in [-0.39, 0.29) is 11.4 Å². The smallest absolute Gasteiger partial charge is 0.338 e. The van der Waals surface area contributed by atoms with E-state index < -0.39 is 11.8 Å². The van der Waals surface area contributed by atoms with E-state index in [0.29, 0.717) is 12.6 Å². The van der Waals surface area contributed by atoms with Crippen LogP contribution in [0.1, 0.15) is 29.6 Å². The van der Waals surface area contributed by atoms with Crippen molar-refractivity contribution in [2.75, 3.05) is 18.4 Å². The zero-order valence-electron chi connectivity index (χ0n) is 9.95. The summed E-state index contributed by atoms with van der Waals surface area (Å²) in [6.45, 7) is 1.44. The third-order valence-electron chi connectivity index (χ3n) is 2.78. The Bertz CT molecular complexity index is 435. The van der Waals surface area contributed by atoms with E-state index in [1.165, 1.54) is 19.0 Å². The molecule has 0 atom stereocenters. The number of hydrogen-bond donors (Lipinski definition) is 3. The van der Waals surface area contributed by atoms with Crippen molar-refractivity contribution in [1.82, 2.24) is 10.3 Å². The second-order valence-electron chi connectivity index (χ2n) is 4.33. The van der Waals surface area contributed by atoms with Gasteiger partial charge in [0.05, 0.1) is 0 Å². The lowest BCUT2D eigenvalue weighted by molar-refractivity contribution is 0.0692. The molecule has 0 saturated heterocycles. The topological polar surface area (TPSA) is 74.2 Å². The van der Waals surface area contributed by atoms with Crippen molar-refractivity contribution < 1.29 is 14.3 Å². The molecule has 3 N–H and O–H groups in total. The molecule has 1 aliphatic rings. The number of hydrogen-bond acceptors (Lipinski definition) is 4. The Labute approximate surface area is 104 Å². The molecule has 6 heteroatoms. The minimum Gasteiger partial charge on any atom is -0.478 e. The summed E-state index contributed by atoms with van der Waals surface area (Å²) >= 11 is 0. The van der Waals surface area contributed by atoms with Gasteiger partial charge in [-0.2, -0.15) is 0 Å². The lowest BCUT2D eigenvalue weighted by atomic mass is 10.2. The number of carbonyl (C=O) groups is 1. The maximum absolute atomic E-state index is 13.6. The molecule has 0 amide bonds. The minimum absolute atomic E-state index is 0.00122. The van der Waals surface area contributed by atoms with Gasteiger partial charge in [-0.05, 0) is 31.9 Å². The second kappa shape index (κ2) is 5.77. The van der Waals surface area contributed by atoms with Crippen molar-refractivity contribution in [3.8, 4) is 0 Å². The molecule has 1 saturated carbocycles. The molecule has 1 aliphatic carbocycles. The number of rotatable bonds is 7.